The van der Waals surface area contributed by atoms with Crippen molar-refractivity contribution < 1.29 is 0 Å². The number of allylic oxidation sites excluding steroid dienone is 2. The predicted molar refractivity (Wildman–Crippen MR) is 307 cm³/mol. The Hall–Kier alpha value is -8.92. The van der Waals surface area contributed by atoms with Gasteiger partial charge in [-0.1, -0.05) is 188 Å². The maximum atomic E-state index is 2.53. The van der Waals surface area contributed by atoms with Crippen LogP contribution in [0.15, 0.2) is 303 Å². The molecule has 0 radical (unpaired) electrons. The van der Waals surface area contributed by atoms with Gasteiger partial charge in [-0.2, -0.15) is 4.48 Å². The van der Waals surface area contributed by atoms with Crippen molar-refractivity contribution >= 4 is 88.5 Å². The van der Waals surface area contributed by atoms with Crippen molar-refractivity contribution in [2.75, 3.05) is 0 Å². The van der Waals surface area contributed by atoms with E-state index in [1.165, 1.54) is 93.9 Å². The first-order valence-corrected chi connectivity index (χ1v) is 25.1. The second-order valence-electron chi connectivity index (χ2n) is 19.1. The minimum absolute atomic E-state index is 0.415. The molecule has 0 fully saturated rings. The first-order chi connectivity index (χ1) is 35.7. The van der Waals surface area contributed by atoms with Crippen molar-refractivity contribution in [1.29, 1.82) is 0 Å². The molecule has 2 heteroatoms. The van der Waals surface area contributed by atoms with Gasteiger partial charge in [-0.15, -0.1) is 0 Å². The van der Waals surface area contributed by atoms with Crippen LogP contribution < -0.4 is 8.97 Å². The summed E-state index contributed by atoms with van der Waals surface area (Å²) >= 11 is 0. The third kappa shape index (κ3) is 6.80. The Balaban J connectivity index is 1.01. The molecule has 0 bridgehead atoms. The van der Waals surface area contributed by atoms with E-state index in [-0.39, 0.29) is 0 Å². The van der Waals surface area contributed by atoms with Crippen LogP contribution in [0.4, 0.5) is 39.8 Å². The van der Waals surface area contributed by atoms with Gasteiger partial charge in [0.25, 0.3) is 0 Å². The Morgan fingerprint density at radius 1 is 0.306 bits per heavy atom. The van der Waals surface area contributed by atoms with Crippen LogP contribution in [-0.2, 0) is 5.54 Å². The van der Waals surface area contributed by atoms with Crippen LogP contribution in [-0.4, -0.2) is 0 Å². The van der Waals surface area contributed by atoms with E-state index in [0.717, 1.165) is 12.1 Å². The van der Waals surface area contributed by atoms with Gasteiger partial charge in [0.1, 0.15) is 28.4 Å². The Morgan fingerprint density at radius 3 is 1.17 bits per heavy atom. The van der Waals surface area contributed by atoms with Gasteiger partial charge in [-0.05, 0) is 85.9 Å². The van der Waals surface area contributed by atoms with Gasteiger partial charge in [-0.25, -0.2) is 4.48 Å². The summed E-state index contributed by atoms with van der Waals surface area (Å²) in [4.78, 5) is 0. The molecule has 0 amide bonds. The van der Waals surface area contributed by atoms with Gasteiger partial charge < -0.3 is 0 Å². The lowest BCUT2D eigenvalue weighted by molar-refractivity contribution is 0.290. The molecule has 12 aromatic rings. The zero-order valence-electron chi connectivity index (χ0n) is 40.0. The molecule has 1 aliphatic carbocycles. The molecule has 1 unspecified atom stereocenters. The highest BCUT2D eigenvalue weighted by atomic mass is 15.4. The Kier molecular flexibility index (Phi) is 10.7. The van der Waals surface area contributed by atoms with Crippen LogP contribution in [0.5, 0.6) is 0 Å². The Morgan fingerprint density at radius 2 is 0.694 bits per heavy atom. The van der Waals surface area contributed by atoms with Gasteiger partial charge in [0.05, 0.1) is 0 Å². The normalized spacial score (nSPS) is 15.0. The number of rotatable bonds is 10. The van der Waals surface area contributed by atoms with Crippen molar-refractivity contribution in [2.24, 2.45) is 0 Å². The summed E-state index contributed by atoms with van der Waals surface area (Å²) in [6.07, 6.45) is 8.15. The SMILES string of the molecule is C1=CC(c2ccccc2)([N+](c2ccccc2)(c2ccccc2)c2cccc3cc4ccccc4cc23)CC=C1c1ccc([N+](c2ccccc2)(c2ccccc2)c2cccc3cc4ccccc4cc23)cc1. The molecule has 13 rings (SSSR count). The van der Waals surface area contributed by atoms with E-state index < -0.39 is 5.54 Å². The van der Waals surface area contributed by atoms with Gasteiger partial charge in [0.2, 0.25) is 0 Å². The number of nitrogens with zero attached hydrogens (tertiary/aromatic N) is 2. The second-order valence-corrected chi connectivity index (χ2v) is 19.1. The molecular formula is C70H52N2+2. The van der Waals surface area contributed by atoms with Gasteiger partial charge in [-0.3, -0.25) is 0 Å². The summed E-state index contributed by atoms with van der Waals surface area (Å²) in [7, 11) is 0. The Bertz CT molecular complexity index is 3900. The molecule has 1 aliphatic rings. The summed E-state index contributed by atoms with van der Waals surface area (Å²) in [6.45, 7) is 0. The van der Waals surface area contributed by atoms with E-state index in [2.05, 4.69) is 303 Å². The molecule has 340 valence electrons. The predicted octanol–water partition coefficient (Wildman–Crippen LogP) is 19.5. The summed E-state index contributed by atoms with van der Waals surface area (Å²) in [5.74, 6) is 0. The molecule has 0 heterocycles. The number of benzene rings is 12. The summed E-state index contributed by atoms with van der Waals surface area (Å²) in [5.41, 5.74) is 11.3. The monoisotopic (exact) mass is 920 g/mol. The minimum Gasteiger partial charge on any atom is -0.214 e. The molecule has 12 aromatic carbocycles. The van der Waals surface area contributed by atoms with Crippen molar-refractivity contribution in [1.82, 2.24) is 8.97 Å². The third-order valence-electron chi connectivity index (χ3n) is 15.4. The molecule has 1 atom stereocenters. The van der Waals surface area contributed by atoms with Crippen LogP contribution in [0.3, 0.4) is 0 Å². The topological polar surface area (TPSA) is 0 Å². The quantitative estimate of drug-likeness (QED) is 0.0947. The first-order valence-electron chi connectivity index (χ1n) is 25.1. The lowest BCUT2D eigenvalue weighted by Gasteiger charge is -2.52. The number of quaternary nitrogens is 2. The number of hydrogen-bond acceptors (Lipinski definition) is 0. The van der Waals surface area contributed by atoms with Gasteiger partial charge >= 0.3 is 0 Å². The fourth-order valence-corrected chi connectivity index (χ4v) is 12.2. The Labute approximate surface area is 421 Å². The number of para-hydroxylation sites is 4. The summed E-state index contributed by atoms with van der Waals surface area (Å²) in [5, 5.41) is 9.83. The molecule has 0 aromatic heterocycles. The largest absolute Gasteiger partial charge is 0.214 e. The van der Waals surface area contributed by atoms with Crippen LogP contribution in [0.25, 0.3) is 48.7 Å². The minimum atomic E-state index is -0.613. The van der Waals surface area contributed by atoms with Crippen LogP contribution >= 0.6 is 0 Å². The van der Waals surface area contributed by atoms with Crippen molar-refractivity contribution in [3.63, 3.8) is 0 Å². The summed E-state index contributed by atoms with van der Waals surface area (Å²) < 4.78 is 0.861. The van der Waals surface area contributed by atoms with Crippen molar-refractivity contribution in [3.05, 3.63) is 314 Å². The molecule has 2 nitrogen and oxygen atoms in total. The van der Waals surface area contributed by atoms with E-state index in [4.69, 9.17) is 0 Å². The van der Waals surface area contributed by atoms with Crippen molar-refractivity contribution in [3.8, 4) is 0 Å². The van der Waals surface area contributed by atoms with E-state index >= 15 is 0 Å². The molecule has 72 heavy (non-hydrogen) atoms. The smallest absolute Gasteiger partial charge is 0.161 e. The fourth-order valence-electron chi connectivity index (χ4n) is 12.2. The maximum Gasteiger partial charge on any atom is 0.161 e. The number of fused-ring (bicyclic) bond motifs is 4. The highest BCUT2D eigenvalue weighted by Crippen LogP contribution is 2.60. The van der Waals surface area contributed by atoms with Crippen LogP contribution in [0, 0.1) is 0 Å². The van der Waals surface area contributed by atoms with E-state index in [1.54, 1.807) is 0 Å². The highest BCUT2D eigenvalue weighted by molar-refractivity contribution is 6.07. The second kappa shape index (κ2) is 17.8. The molecule has 0 spiro atoms. The molecule has 0 N–H and O–H groups in total. The first kappa shape index (κ1) is 43.1. The zero-order chi connectivity index (χ0) is 48.0. The average molecular weight is 921 g/mol. The van der Waals surface area contributed by atoms with E-state index in [9.17, 15) is 0 Å². The van der Waals surface area contributed by atoms with Crippen LogP contribution in [0.2, 0.25) is 0 Å². The molecule has 0 aliphatic heterocycles. The standard InChI is InChI=1S/C70H52N2/c1-6-28-60(29-7-1)70(72(64-34-12-4-13-35-64,65-36-14-5-15-37-65)69-39-21-27-59-49-55-23-17-19-25-57(55)51-67(59)69)46-44-53(45-47-70)52-40-42-63(43-41-52)71(61-30-8-2-9-31-61,62-32-10-3-11-33-62)68-38-20-26-58-48-54-22-16-18-24-56(54)50-66(58)68/h1-46,48-51H,47H2/q+2. The van der Waals surface area contributed by atoms with Crippen molar-refractivity contribution in [2.45, 2.75) is 12.0 Å². The lowest BCUT2D eigenvalue weighted by Crippen LogP contribution is -2.56. The molecule has 0 saturated heterocycles. The third-order valence-corrected chi connectivity index (χ3v) is 15.4. The highest BCUT2D eigenvalue weighted by Gasteiger charge is 2.56. The number of hydrogen-bond donors (Lipinski definition) is 0. The lowest BCUT2D eigenvalue weighted by atomic mass is 9.75. The van der Waals surface area contributed by atoms with E-state index in [0.29, 0.717) is 8.97 Å². The summed E-state index contributed by atoms with van der Waals surface area (Å²) in [6, 6.07) is 106. The van der Waals surface area contributed by atoms with Gasteiger partial charge in [0, 0.05) is 95.6 Å². The molecule has 0 saturated carbocycles. The molecular weight excluding hydrogens is 869 g/mol. The average Bonchev–Trinajstić information content (AvgIpc) is 3.46. The van der Waals surface area contributed by atoms with E-state index in [1.807, 2.05) is 0 Å². The fraction of sp³-hybridized carbons (Fsp3) is 0.0286. The zero-order valence-corrected chi connectivity index (χ0v) is 40.0. The maximum absolute atomic E-state index is 2.53. The van der Waals surface area contributed by atoms with Crippen LogP contribution in [0.1, 0.15) is 17.5 Å². The van der Waals surface area contributed by atoms with Gasteiger partial charge in [0.15, 0.2) is 16.9 Å².